The molecule has 0 unspecified atom stereocenters. The number of hydrogen-bond donors (Lipinski definition) is 0. The molecule has 0 saturated heterocycles. The summed E-state index contributed by atoms with van der Waals surface area (Å²) in [4.78, 5) is 23.5. The van der Waals surface area contributed by atoms with Gasteiger partial charge in [0.25, 0.3) is 5.56 Å². The van der Waals surface area contributed by atoms with E-state index in [9.17, 15) is 9.59 Å². The Morgan fingerprint density at radius 2 is 1.94 bits per heavy atom. The molecule has 1 heterocycles. The molecule has 2 aromatic rings. The quantitative estimate of drug-likeness (QED) is 0.806. The number of rotatable bonds is 3. The summed E-state index contributed by atoms with van der Waals surface area (Å²) in [5.74, 6) is 0.00859. The number of carbonyl (C=O) groups excluding carboxylic acids is 1. The molecule has 0 atom stereocenters. The number of fused-ring (bicyclic) bond motifs is 1. The number of aryl methyl sites for hydroxylation is 1. The van der Waals surface area contributed by atoms with Crippen LogP contribution >= 0.6 is 0 Å². The van der Waals surface area contributed by atoms with E-state index in [1.807, 2.05) is 25.1 Å². The summed E-state index contributed by atoms with van der Waals surface area (Å²) in [7, 11) is 0. The first-order valence-corrected chi connectivity index (χ1v) is 5.61. The van der Waals surface area contributed by atoms with Gasteiger partial charge < -0.3 is 0 Å². The van der Waals surface area contributed by atoms with Crippen molar-refractivity contribution < 1.29 is 4.79 Å². The molecule has 0 fully saturated rings. The summed E-state index contributed by atoms with van der Waals surface area (Å²) < 4.78 is 1.25. The highest BCUT2D eigenvalue weighted by Crippen LogP contribution is 2.11. The SMILES string of the molecule is CCC(=O)Cn1nc(C)c2ccccc2c1=O. The van der Waals surface area contributed by atoms with Crippen molar-refractivity contribution in [3.8, 4) is 0 Å². The molecule has 0 aliphatic carbocycles. The summed E-state index contributed by atoms with van der Waals surface area (Å²) in [6.45, 7) is 3.68. The minimum absolute atomic E-state index is 0.00859. The van der Waals surface area contributed by atoms with E-state index < -0.39 is 0 Å². The molecule has 88 valence electrons. The largest absolute Gasteiger partial charge is 0.298 e. The minimum Gasteiger partial charge on any atom is -0.298 e. The van der Waals surface area contributed by atoms with E-state index in [2.05, 4.69) is 5.10 Å². The molecule has 1 aromatic carbocycles. The first kappa shape index (κ1) is 11.5. The minimum atomic E-state index is -0.201. The third-order valence-corrected chi connectivity index (χ3v) is 2.77. The van der Waals surface area contributed by atoms with E-state index in [0.29, 0.717) is 11.8 Å². The lowest BCUT2D eigenvalue weighted by atomic mass is 10.1. The van der Waals surface area contributed by atoms with Gasteiger partial charge in [0, 0.05) is 11.8 Å². The number of benzene rings is 1. The molecular weight excluding hydrogens is 216 g/mol. The summed E-state index contributed by atoms with van der Waals surface area (Å²) in [6.07, 6.45) is 0.417. The Labute approximate surface area is 98.9 Å². The summed E-state index contributed by atoms with van der Waals surface area (Å²) in [6, 6.07) is 7.32. The molecular formula is C13H14N2O2. The van der Waals surface area contributed by atoms with Gasteiger partial charge in [-0.25, -0.2) is 4.68 Å². The normalized spacial score (nSPS) is 10.7. The van der Waals surface area contributed by atoms with Gasteiger partial charge in [-0.3, -0.25) is 9.59 Å². The van der Waals surface area contributed by atoms with Gasteiger partial charge in [0.2, 0.25) is 0 Å². The van der Waals surface area contributed by atoms with E-state index in [-0.39, 0.29) is 17.9 Å². The van der Waals surface area contributed by atoms with Crippen LogP contribution in [0.15, 0.2) is 29.1 Å². The zero-order valence-electron chi connectivity index (χ0n) is 9.93. The maximum Gasteiger partial charge on any atom is 0.275 e. The fraction of sp³-hybridized carbons (Fsp3) is 0.308. The van der Waals surface area contributed by atoms with Gasteiger partial charge in [0.1, 0.15) is 6.54 Å². The molecule has 1 aromatic heterocycles. The van der Waals surface area contributed by atoms with Crippen molar-refractivity contribution >= 4 is 16.6 Å². The van der Waals surface area contributed by atoms with Gasteiger partial charge in [0.05, 0.1) is 11.1 Å². The van der Waals surface area contributed by atoms with Crippen LogP contribution in [0.1, 0.15) is 19.0 Å². The van der Waals surface area contributed by atoms with Crippen molar-refractivity contribution in [3.63, 3.8) is 0 Å². The number of hydrogen-bond acceptors (Lipinski definition) is 3. The summed E-state index contributed by atoms with van der Waals surface area (Å²) in [5, 5.41) is 5.63. The number of ketones is 1. The van der Waals surface area contributed by atoms with Crippen LogP contribution in [-0.2, 0) is 11.3 Å². The molecule has 0 aliphatic rings. The Bertz CT molecular complexity index is 629. The lowest BCUT2D eigenvalue weighted by Gasteiger charge is -2.07. The molecule has 0 N–H and O–H groups in total. The second kappa shape index (κ2) is 4.49. The Morgan fingerprint density at radius 3 is 2.59 bits per heavy atom. The van der Waals surface area contributed by atoms with E-state index in [1.165, 1.54) is 4.68 Å². The van der Waals surface area contributed by atoms with Gasteiger partial charge in [-0.15, -0.1) is 0 Å². The molecule has 0 saturated carbocycles. The smallest absolute Gasteiger partial charge is 0.275 e. The van der Waals surface area contributed by atoms with Crippen LogP contribution in [0.3, 0.4) is 0 Å². The Hall–Kier alpha value is -1.97. The second-order valence-electron chi connectivity index (χ2n) is 3.99. The number of carbonyl (C=O) groups is 1. The molecule has 0 aliphatic heterocycles. The van der Waals surface area contributed by atoms with Crippen molar-refractivity contribution in [1.29, 1.82) is 0 Å². The third-order valence-electron chi connectivity index (χ3n) is 2.77. The number of Topliss-reactive ketones (excluding diaryl/α,β-unsaturated/α-hetero) is 1. The van der Waals surface area contributed by atoms with Crippen LogP contribution in [0.4, 0.5) is 0 Å². The van der Waals surface area contributed by atoms with E-state index in [0.717, 1.165) is 11.1 Å². The molecule has 0 bridgehead atoms. The maximum absolute atomic E-state index is 12.1. The monoisotopic (exact) mass is 230 g/mol. The predicted octanol–water partition coefficient (Wildman–Crippen LogP) is 1.68. The van der Waals surface area contributed by atoms with Gasteiger partial charge >= 0.3 is 0 Å². The highest BCUT2D eigenvalue weighted by Gasteiger charge is 2.09. The standard InChI is InChI=1S/C13H14N2O2/c1-3-10(16)8-15-13(17)12-7-5-4-6-11(12)9(2)14-15/h4-7H,3,8H2,1-2H3. The van der Waals surface area contributed by atoms with Crippen LogP contribution in [0, 0.1) is 6.92 Å². The maximum atomic E-state index is 12.1. The fourth-order valence-electron chi connectivity index (χ4n) is 1.79. The average Bonchev–Trinajstić information content (AvgIpc) is 2.35. The van der Waals surface area contributed by atoms with Crippen LogP contribution in [0.2, 0.25) is 0 Å². The second-order valence-corrected chi connectivity index (χ2v) is 3.99. The van der Waals surface area contributed by atoms with Crippen LogP contribution in [0.25, 0.3) is 10.8 Å². The van der Waals surface area contributed by atoms with Gasteiger partial charge in [-0.2, -0.15) is 5.10 Å². The molecule has 4 heteroatoms. The van der Waals surface area contributed by atoms with Crippen LogP contribution in [0.5, 0.6) is 0 Å². The van der Waals surface area contributed by atoms with Crippen molar-refractivity contribution in [2.24, 2.45) is 0 Å². The number of nitrogens with zero attached hydrogens (tertiary/aromatic N) is 2. The van der Waals surface area contributed by atoms with Gasteiger partial charge in [-0.05, 0) is 13.0 Å². The molecule has 17 heavy (non-hydrogen) atoms. The van der Waals surface area contributed by atoms with Crippen molar-refractivity contribution in [3.05, 3.63) is 40.3 Å². The Kier molecular flexibility index (Phi) is 3.04. The number of aromatic nitrogens is 2. The van der Waals surface area contributed by atoms with Crippen LogP contribution < -0.4 is 5.56 Å². The topological polar surface area (TPSA) is 52.0 Å². The Morgan fingerprint density at radius 1 is 1.29 bits per heavy atom. The molecule has 0 amide bonds. The van der Waals surface area contributed by atoms with E-state index >= 15 is 0 Å². The van der Waals surface area contributed by atoms with Crippen molar-refractivity contribution in [2.45, 2.75) is 26.8 Å². The lowest BCUT2D eigenvalue weighted by molar-refractivity contribution is -0.119. The highest BCUT2D eigenvalue weighted by atomic mass is 16.1. The molecule has 0 radical (unpaired) electrons. The van der Waals surface area contributed by atoms with Crippen LogP contribution in [-0.4, -0.2) is 15.6 Å². The first-order chi connectivity index (χ1) is 8.13. The van der Waals surface area contributed by atoms with Crippen molar-refractivity contribution in [1.82, 2.24) is 9.78 Å². The molecule has 4 nitrogen and oxygen atoms in total. The van der Waals surface area contributed by atoms with Crippen molar-refractivity contribution in [2.75, 3.05) is 0 Å². The van der Waals surface area contributed by atoms with E-state index in [1.54, 1.807) is 13.0 Å². The fourth-order valence-corrected chi connectivity index (χ4v) is 1.79. The lowest BCUT2D eigenvalue weighted by Crippen LogP contribution is -2.27. The molecule has 2 rings (SSSR count). The van der Waals surface area contributed by atoms with E-state index in [4.69, 9.17) is 0 Å². The first-order valence-electron chi connectivity index (χ1n) is 5.61. The Balaban J connectivity index is 2.63. The third kappa shape index (κ3) is 2.11. The average molecular weight is 230 g/mol. The zero-order chi connectivity index (χ0) is 12.4. The highest BCUT2D eigenvalue weighted by molar-refractivity contribution is 5.84. The van der Waals surface area contributed by atoms with Gasteiger partial charge in [-0.1, -0.05) is 25.1 Å². The molecule has 0 spiro atoms. The van der Waals surface area contributed by atoms with Gasteiger partial charge in [0.15, 0.2) is 5.78 Å². The predicted molar refractivity (Wildman–Crippen MR) is 66.0 cm³/mol. The summed E-state index contributed by atoms with van der Waals surface area (Å²) >= 11 is 0. The zero-order valence-corrected chi connectivity index (χ0v) is 9.93. The summed E-state index contributed by atoms with van der Waals surface area (Å²) in [5.41, 5.74) is 0.567.